The van der Waals surface area contributed by atoms with Gasteiger partial charge in [0.05, 0.1) is 10.5 Å². The van der Waals surface area contributed by atoms with Gasteiger partial charge in [0.1, 0.15) is 6.61 Å². The first-order chi connectivity index (χ1) is 11.2. The van der Waals surface area contributed by atoms with E-state index in [1.165, 1.54) is 23.8 Å². The number of sulfonamides is 1. The van der Waals surface area contributed by atoms with Gasteiger partial charge in [0.2, 0.25) is 10.0 Å². The van der Waals surface area contributed by atoms with Crippen LogP contribution in [0.1, 0.15) is 41.3 Å². The lowest BCUT2D eigenvalue weighted by atomic mass is 10.0. The van der Waals surface area contributed by atoms with Crippen molar-refractivity contribution < 1.29 is 17.9 Å². The van der Waals surface area contributed by atoms with Crippen LogP contribution in [-0.2, 0) is 21.4 Å². The van der Waals surface area contributed by atoms with E-state index in [4.69, 9.17) is 9.88 Å². The second-order valence-corrected chi connectivity index (χ2v) is 8.07. The summed E-state index contributed by atoms with van der Waals surface area (Å²) in [5, 5.41) is 5.08. The quantitative estimate of drug-likeness (QED) is 0.761. The number of benzene rings is 2. The number of rotatable bonds is 5. The molecule has 0 aliphatic heterocycles. The summed E-state index contributed by atoms with van der Waals surface area (Å²) in [6, 6.07) is 11.8. The Morgan fingerprint density at radius 1 is 1.17 bits per heavy atom. The highest BCUT2D eigenvalue weighted by Crippen LogP contribution is 2.22. The zero-order valence-electron chi connectivity index (χ0n) is 13.3. The fraction of sp³-hybridized carbons (Fsp3) is 0.235. The van der Waals surface area contributed by atoms with Crippen molar-refractivity contribution in [2.24, 2.45) is 5.14 Å². The van der Waals surface area contributed by atoms with Gasteiger partial charge in [0, 0.05) is 4.47 Å². The van der Waals surface area contributed by atoms with Crippen LogP contribution in [0.5, 0.6) is 0 Å². The fourth-order valence-corrected chi connectivity index (χ4v) is 3.01. The lowest BCUT2D eigenvalue weighted by molar-refractivity contribution is 0.0471. The van der Waals surface area contributed by atoms with Crippen LogP contribution >= 0.6 is 15.9 Å². The molecule has 0 saturated heterocycles. The molecule has 2 N–H and O–H groups in total. The standard InChI is InChI=1S/C17H18BrNO4S/c1-11(2)13-5-3-12(4-6-13)10-23-17(20)15-9-14(24(19,21)22)7-8-16(15)18/h3-9,11H,10H2,1-2H3,(H2,19,21,22). The third-order valence-electron chi connectivity index (χ3n) is 3.50. The number of hydrogen-bond acceptors (Lipinski definition) is 4. The smallest absolute Gasteiger partial charge is 0.339 e. The Morgan fingerprint density at radius 2 is 1.79 bits per heavy atom. The molecule has 5 nitrogen and oxygen atoms in total. The summed E-state index contributed by atoms with van der Waals surface area (Å²) in [4.78, 5) is 12.1. The average Bonchev–Trinajstić information content (AvgIpc) is 2.52. The largest absolute Gasteiger partial charge is 0.457 e. The SMILES string of the molecule is CC(C)c1ccc(COC(=O)c2cc(S(N)(=O)=O)ccc2Br)cc1. The maximum Gasteiger partial charge on any atom is 0.339 e. The summed E-state index contributed by atoms with van der Waals surface area (Å²) in [5.74, 6) is -0.196. The van der Waals surface area contributed by atoms with Gasteiger partial charge in [0.25, 0.3) is 0 Å². The van der Waals surface area contributed by atoms with Crippen molar-refractivity contribution >= 4 is 31.9 Å². The summed E-state index contributed by atoms with van der Waals surface area (Å²) in [6.07, 6.45) is 0. The van der Waals surface area contributed by atoms with Crippen LogP contribution in [0.15, 0.2) is 51.8 Å². The Bertz CT molecular complexity index is 845. The molecule has 0 aliphatic carbocycles. The number of esters is 1. The Hall–Kier alpha value is -1.70. The van der Waals surface area contributed by atoms with E-state index >= 15 is 0 Å². The van der Waals surface area contributed by atoms with Crippen molar-refractivity contribution in [3.05, 3.63) is 63.6 Å². The van der Waals surface area contributed by atoms with Gasteiger partial charge in [-0.05, 0) is 51.2 Å². The van der Waals surface area contributed by atoms with Gasteiger partial charge in [0.15, 0.2) is 0 Å². The predicted molar refractivity (Wildman–Crippen MR) is 95.2 cm³/mol. The monoisotopic (exact) mass is 411 g/mol. The molecule has 0 amide bonds. The highest BCUT2D eigenvalue weighted by Gasteiger charge is 2.16. The molecule has 0 fully saturated rings. The minimum Gasteiger partial charge on any atom is -0.457 e. The first-order valence-electron chi connectivity index (χ1n) is 7.27. The highest BCUT2D eigenvalue weighted by atomic mass is 79.9. The number of hydrogen-bond donors (Lipinski definition) is 1. The van der Waals surface area contributed by atoms with Gasteiger partial charge in [-0.15, -0.1) is 0 Å². The summed E-state index contributed by atoms with van der Waals surface area (Å²) >= 11 is 3.21. The lowest BCUT2D eigenvalue weighted by Gasteiger charge is -2.09. The van der Waals surface area contributed by atoms with E-state index < -0.39 is 16.0 Å². The zero-order valence-corrected chi connectivity index (χ0v) is 15.7. The van der Waals surface area contributed by atoms with Crippen LogP contribution in [0.25, 0.3) is 0 Å². The molecule has 128 valence electrons. The number of nitrogens with two attached hydrogens (primary N) is 1. The zero-order chi connectivity index (χ0) is 17.9. The van der Waals surface area contributed by atoms with Gasteiger partial charge in [-0.2, -0.15) is 0 Å². The number of carbonyl (C=O) groups excluding carboxylic acids is 1. The van der Waals surface area contributed by atoms with E-state index in [-0.39, 0.29) is 17.1 Å². The molecular formula is C17H18BrNO4S. The Balaban J connectivity index is 2.12. The van der Waals surface area contributed by atoms with Crippen LogP contribution in [-0.4, -0.2) is 14.4 Å². The van der Waals surface area contributed by atoms with Gasteiger partial charge in [-0.1, -0.05) is 38.1 Å². The van der Waals surface area contributed by atoms with E-state index in [1.807, 2.05) is 24.3 Å². The Kier molecular flexibility index (Phi) is 5.79. The van der Waals surface area contributed by atoms with E-state index in [2.05, 4.69) is 29.8 Å². The van der Waals surface area contributed by atoms with Gasteiger partial charge < -0.3 is 4.74 Å². The topological polar surface area (TPSA) is 86.5 Å². The summed E-state index contributed by atoms with van der Waals surface area (Å²) in [7, 11) is -3.88. The molecule has 24 heavy (non-hydrogen) atoms. The molecule has 0 atom stereocenters. The summed E-state index contributed by atoms with van der Waals surface area (Å²) < 4.78 is 28.5. The van der Waals surface area contributed by atoms with Crippen LogP contribution in [0.2, 0.25) is 0 Å². The number of halogens is 1. The predicted octanol–water partition coefficient (Wildman–Crippen LogP) is 3.58. The summed E-state index contributed by atoms with van der Waals surface area (Å²) in [6.45, 7) is 4.30. The van der Waals surface area contributed by atoms with Gasteiger partial charge >= 0.3 is 5.97 Å². The number of ether oxygens (including phenoxy) is 1. The minimum atomic E-state index is -3.88. The van der Waals surface area contributed by atoms with Crippen LogP contribution < -0.4 is 5.14 Å². The minimum absolute atomic E-state index is 0.100. The fourth-order valence-electron chi connectivity index (χ4n) is 2.06. The number of carbonyl (C=O) groups is 1. The molecule has 0 bridgehead atoms. The van der Waals surface area contributed by atoms with Gasteiger partial charge in [-0.25, -0.2) is 18.4 Å². The maximum atomic E-state index is 12.2. The molecule has 0 aliphatic rings. The average molecular weight is 412 g/mol. The van der Waals surface area contributed by atoms with Crippen LogP contribution in [0.4, 0.5) is 0 Å². The molecular weight excluding hydrogens is 394 g/mol. The first kappa shape index (κ1) is 18.6. The van der Waals surface area contributed by atoms with Crippen molar-refractivity contribution in [2.75, 3.05) is 0 Å². The third-order valence-corrected chi connectivity index (χ3v) is 5.11. The molecule has 0 saturated carbocycles. The lowest BCUT2D eigenvalue weighted by Crippen LogP contribution is -2.14. The van der Waals surface area contributed by atoms with Crippen molar-refractivity contribution in [2.45, 2.75) is 31.3 Å². The molecule has 0 spiro atoms. The molecule has 2 rings (SSSR count). The molecule has 7 heteroatoms. The first-order valence-corrected chi connectivity index (χ1v) is 9.60. The number of primary sulfonamides is 1. The molecule has 0 heterocycles. The second-order valence-electron chi connectivity index (χ2n) is 5.66. The molecule has 0 unspecified atom stereocenters. The normalized spacial score (nSPS) is 11.5. The third kappa shape index (κ3) is 4.66. The van der Waals surface area contributed by atoms with Gasteiger partial charge in [-0.3, -0.25) is 0 Å². The van der Waals surface area contributed by atoms with Crippen molar-refractivity contribution in [1.29, 1.82) is 0 Å². The van der Waals surface area contributed by atoms with E-state index in [9.17, 15) is 13.2 Å². The van der Waals surface area contributed by atoms with Crippen molar-refractivity contribution in [3.8, 4) is 0 Å². The molecule has 0 aromatic heterocycles. The van der Waals surface area contributed by atoms with E-state index in [0.717, 1.165) is 5.56 Å². The van der Waals surface area contributed by atoms with Crippen LogP contribution in [0.3, 0.4) is 0 Å². The molecule has 0 radical (unpaired) electrons. The molecule has 2 aromatic rings. The summed E-state index contributed by atoms with van der Waals surface area (Å²) in [5.41, 5.74) is 2.17. The second kappa shape index (κ2) is 7.46. The Morgan fingerprint density at radius 3 is 2.33 bits per heavy atom. The van der Waals surface area contributed by atoms with Crippen LogP contribution in [0, 0.1) is 0 Å². The Labute approximate surface area is 150 Å². The van der Waals surface area contributed by atoms with Crippen molar-refractivity contribution in [1.82, 2.24) is 0 Å². The van der Waals surface area contributed by atoms with Crippen molar-refractivity contribution in [3.63, 3.8) is 0 Å². The highest BCUT2D eigenvalue weighted by molar-refractivity contribution is 9.10. The van der Waals surface area contributed by atoms with E-state index in [0.29, 0.717) is 10.4 Å². The molecule has 2 aromatic carbocycles. The van der Waals surface area contributed by atoms with E-state index in [1.54, 1.807) is 0 Å². The maximum absolute atomic E-state index is 12.2.